The van der Waals surface area contributed by atoms with E-state index in [0.29, 0.717) is 11.5 Å². The molecular weight excluding hydrogens is 116 g/mol. The molecule has 9 heavy (non-hydrogen) atoms. The average molecular weight is 128 g/mol. The molecule has 2 unspecified atom stereocenters. The van der Waals surface area contributed by atoms with Crippen molar-refractivity contribution >= 4 is 0 Å². The fourth-order valence-corrected chi connectivity index (χ4v) is 1.36. The van der Waals surface area contributed by atoms with E-state index in [9.17, 15) is 0 Å². The summed E-state index contributed by atoms with van der Waals surface area (Å²) in [7, 11) is 0. The summed E-state index contributed by atoms with van der Waals surface area (Å²) in [6.45, 7) is 5.34. The molecule has 0 aliphatic carbocycles. The highest BCUT2D eigenvalue weighted by Gasteiger charge is 2.53. The van der Waals surface area contributed by atoms with E-state index in [4.69, 9.17) is 9.47 Å². The Morgan fingerprint density at radius 2 is 2.22 bits per heavy atom. The second-order valence-corrected chi connectivity index (χ2v) is 3.53. The van der Waals surface area contributed by atoms with E-state index in [1.165, 1.54) is 0 Å². The van der Waals surface area contributed by atoms with E-state index in [2.05, 4.69) is 13.8 Å². The fourth-order valence-electron chi connectivity index (χ4n) is 1.36. The van der Waals surface area contributed by atoms with E-state index in [1.54, 1.807) is 0 Å². The minimum absolute atomic E-state index is 0.147. The number of fused-ring (bicyclic) bond motifs is 1. The lowest BCUT2D eigenvalue weighted by Gasteiger charge is -2.24. The van der Waals surface area contributed by atoms with Gasteiger partial charge in [0.25, 0.3) is 0 Å². The van der Waals surface area contributed by atoms with Crippen molar-refractivity contribution in [1.29, 1.82) is 0 Å². The van der Waals surface area contributed by atoms with Crippen LogP contribution in [0.4, 0.5) is 0 Å². The van der Waals surface area contributed by atoms with Gasteiger partial charge in [0.15, 0.2) is 6.29 Å². The molecule has 0 saturated carbocycles. The first-order valence-electron chi connectivity index (χ1n) is 3.47. The topological polar surface area (TPSA) is 21.8 Å². The van der Waals surface area contributed by atoms with E-state index in [-0.39, 0.29) is 6.29 Å². The molecule has 0 aromatic carbocycles. The van der Waals surface area contributed by atoms with Crippen molar-refractivity contribution in [3.8, 4) is 0 Å². The molecule has 0 aromatic rings. The molecule has 0 N–H and O–H groups in total. The first-order valence-corrected chi connectivity index (χ1v) is 3.47. The predicted molar refractivity (Wildman–Crippen MR) is 33.0 cm³/mol. The van der Waals surface area contributed by atoms with Crippen LogP contribution in [0.15, 0.2) is 0 Å². The van der Waals surface area contributed by atoms with Crippen LogP contribution in [0.2, 0.25) is 0 Å². The highest BCUT2D eigenvalue weighted by Crippen LogP contribution is 2.44. The Hall–Kier alpha value is -0.0800. The SMILES string of the molecule is CC1(C)CCOC2OC21. The lowest BCUT2D eigenvalue weighted by molar-refractivity contribution is 0.0241. The van der Waals surface area contributed by atoms with Crippen LogP contribution in [-0.2, 0) is 9.47 Å². The molecule has 2 aliphatic rings. The first kappa shape index (κ1) is 5.69. The van der Waals surface area contributed by atoms with Gasteiger partial charge in [0.1, 0.15) is 6.10 Å². The molecule has 2 aliphatic heterocycles. The van der Waals surface area contributed by atoms with E-state index < -0.39 is 0 Å². The molecule has 0 radical (unpaired) electrons. The van der Waals surface area contributed by atoms with Crippen LogP contribution < -0.4 is 0 Å². The maximum Gasteiger partial charge on any atom is 0.184 e. The largest absolute Gasteiger partial charge is 0.350 e. The van der Waals surface area contributed by atoms with Crippen molar-refractivity contribution in [2.75, 3.05) is 6.61 Å². The Bertz CT molecular complexity index is 131. The standard InChI is InChI=1S/C7H12O2/c1-7(2)3-4-8-6-5(7)9-6/h5-6H,3-4H2,1-2H3. The summed E-state index contributed by atoms with van der Waals surface area (Å²) in [5.41, 5.74) is 0.364. The van der Waals surface area contributed by atoms with Crippen molar-refractivity contribution in [2.24, 2.45) is 5.41 Å². The van der Waals surface area contributed by atoms with Crippen LogP contribution >= 0.6 is 0 Å². The molecule has 0 amide bonds. The smallest absolute Gasteiger partial charge is 0.184 e. The van der Waals surface area contributed by atoms with Gasteiger partial charge in [0.2, 0.25) is 0 Å². The summed E-state index contributed by atoms with van der Waals surface area (Å²) < 4.78 is 10.5. The number of hydrogen-bond donors (Lipinski definition) is 0. The molecule has 2 nitrogen and oxygen atoms in total. The third-order valence-electron chi connectivity index (χ3n) is 2.25. The van der Waals surface area contributed by atoms with Crippen LogP contribution in [0.1, 0.15) is 20.3 Å². The third kappa shape index (κ3) is 0.775. The van der Waals surface area contributed by atoms with Gasteiger partial charge in [-0.1, -0.05) is 13.8 Å². The molecule has 0 spiro atoms. The number of hydrogen-bond acceptors (Lipinski definition) is 2. The predicted octanol–water partition coefficient (Wildman–Crippen LogP) is 1.16. The Balaban J connectivity index is 2.09. The zero-order valence-corrected chi connectivity index (χ0v) is 5.89. The first-order chi connectivity index (χ1) is 4.20. The molecule has 2 heteroatoms. The maximum absolute atomic E-state index is 5.27. The molecular formula is C7H12O2. The molecule has 0 aromatic heterocycles. The number of epoxide rings is 1. The van der Waals surface area contributed by atoms with Crippen molar-refractivity contribution < 1.29 is 9.47 Å². The zero-order chi connectivity index (χ0) is 6.48. The highest BCUT2D eigenvalue weighted by molar-refractivity contribution is 4.94. The molecule has 0 bridgehead atoms. The van der Waals surface area contributed by atoms with Crippen LogP contribution in [-0.4, -0.2) is 19.0 Å². The fraction of sp³-hybridized carbons (Fsp3) is 1.00. The second kappa shape index (κ2) is 1.50. The van der Waals surface area contributed by atoms with Gasteiger partial charge >= 0.3 is 0 Å². The molecule has 2 heterocycles. The van der Waals surface area contributed by atoms with E-state index >= 15 is 0 Å². The van der Waals surface area contributed by atoms with Crippen LogP contribution in [0.3, 0.4) is 0 Å². The number of rotatable bonds is 0. The zero-order valence-electron chi connectivity index (χ0n) is 5.89. The lowest BCUT2D eigenvalue weighted by atomic mass is 9.84. The van der Waals surface area contributed by atoms with Gasteiger partial charge in [-0.2, -0.15) is 0 Å². The second-order valence-electron chi connectivity index (χ2n) is 3.53. The highest BCUT2D eigenvalue weighted by atomic mass is 16.8. The minimum atomic E-state index is 0.147. The van der Waals surface area contributed by atoms with Crippen molar-refractivity contribution in [3.05, 3.63) is 0 Å². The van der Waals surface area contributed by atoms with Crippen molar-refractivity contribution in [2.45, 2.75) is 32.7 Å². The summed E-state index contributed by atoms with van der Waals surface area (Å²) in [4.78, 5) is 0. The lowest BCUT2D eigenvalue weighted by Crippen LogP contribution is -2.28. The molecule has 2 fully saturated rings. The van der Waals surface area contributed by atoms with Gasteiger partial charge in [0.05, 0.1) is 6.61 Å². The average Bonchev–Trinajstić information content (AvgIpc) is 2.43. The molecule has 2 rings (SSSR count). The van der Waals surface area contributed by atoms with Crippen molar-refractivity contribution in [1.82, 2.24) is 0 Å². The normalized spacial score (nSPS) is 46.0. The monoisotopic (exact) mass is 128 g/mol. The summed E-state index contributed by atoms with van der Waals surface area (Å²) >= 11 is 0. The van der Waals surface area contributed by atoms with Crippen LogP contribution in [0, 0.1) is 5.41 Å². The van der Waals surface area contributed by atoms with E-state index in [0.717, 1.165) is 13.0 Å². The maximum atomic E-state index is 5.27. The van der Waals surface area contributed by atoms with Crippen LogP contribution in [0.5, 0.6) is 0 Å². The van der Waals surface area contributed by atoms with Gasteiger partial charge in [-0.3, -0.25) is 0 Å². The Labute approximate surface area is 55.1 Å². The summed E-state index contributed by atoms with van der Waals surface area (Å²) in [5, 5.41) is 0. The van der Waals surface area contributed by atoms with Gasteiger partial charge in [-0.15, -0.1) is 0 Å². The summed E-state index contributed by atoms with van der Waals surface area (Å²) in [6.07, 6.45) is 1.67. The van der Waals surface area contributed by atoms with Gasteiger partial charge in [-0.05, 0) is 11.8 Å². The summed E-state index contributed by atoms with van der Waals surface area (Å²) in [6, 6.07) is 0. The van der Waals surface area contributed by atoms with Crippen LogP contribution in [0.25, 0.3) is 0 Å². The van der Waals surface area contributed by atoms with Crippen molar-refractivity contribution in [3.63, 3.8) is 0 Å². The number of ether oxygens (including phenoxy) is 2. The summed E-state index contributed by atoms with van der Waals surface area (Å²) in [5.74, 6) is 0. The van der Waals surface area contributed by atoms with E-state index in [1.807, 2.05) is 0 Å². The Kier molecular flexibility index (Phi) is 0.945. The molecule has 2 atom stereocenters. The molecule has 52 valence electrons. The third-order valence-corrected chi connectivity index (χ3v) is 2.25. The van der Waals surface area contributed by atoms with Gasteiger partial charge in [-0.25, -0.2) is 0 Å². The van der Waals surface area contributed by atoms with Gasteiger partial charge in [0, 0.05) is 0 Å². The molecule has 2 saturated heterocycles. The minimum Gasteiger partial charge on any atom is -0.350 e. The Morgan fingerprint density at radius 1 is 1.44 bits per heavy atom. The Morgan fingerprint density at radius 3 is 2.78 bits per heavy atom. The quantitative estimate of drug-likeness (QED) is 0.456. The van der Waals surface area contributed by atoms with Gasteiger partial charge < -0.3 is 9.47 Å².